The minimum absolute atomic E-state index is 0.787. The number of hydrogen-bond donors (Lipinski definition) is 1. The lowest BCUT2D eigenvalue weighted by molar-refractivity contribution is -0.0208. The highest BCUT2D eigenvalue weighted by Gasteiger charge is 2.48. The molecule has 1 saturated heterocycles. The first-order valence-electron chi connectivity index (χ1n) is 5.43. The molecule has 0 bridgehead atoms. The molecule has 1 nitrogen and oxygen atoms in total. The smallest absolute Gasteiger partial charge is 0.00204 e. The van der Waals surface area contributed by atoms with E-state index in [0.29, 0.717) is 0 Å². The van der Waals surface area contributed by atoms with E-state index >= 15 is 0 Å². The molecule has 0 aromatic carbocycles. The van der Waals surface area contributed by atoms with Gasteiger partial charge in [-0.05, 0) is 30.1 Å². The summed E-state index contributed by atoms with van der Waals surface area (Å²) >= 11 is 0. The first-order chi connectivity index (χ1) is 5.72. The molecule has 0 aromatic heterocycles. The largest absolute Gasteiger partial charge is 0.316 e. The summed E-state index contributed by atoms with van der Waals surface area (Å²) in [7, 11) is 0. The fraction of sp³-hybridized carbons (Fsp3) is 1.00. The monoisotopic (exact) mass is 169 g/mol. The fourth-order valence-corrected chi connectivity index (χ4v) is 2.29. The fourth-order valence-electron chi connectivity index (χ4n) is 2.29. The van der Waals surface area contributed by atoms with Crippen molar-refractivity contribution in [1.29, 1.82) is 0 Å². The second kappa shape index (κ2) is 3.78. The molecule has 0 aromatic rings. The van der Waals surface area contributed by atoms with Crippen LogP contribution in [0.25, 0.3) is 0 Å². The van der Waals surface area contributed by atoms with Crippen LogP contribution >= 0.6 is 0 Å². The van der Waals surface area contributed by atoms with E-state index < -0.39 is 0 Å². The van der Waals surface area contributed by atoms with Gasteiger partial charge in [0.2, 0.25) is 0 Å². The third-order valence-electron chi connectivity index (χ3n) is 3.33. The Morgan fingerprint density at radius 2 is 1.67 bits per heavy atom. The van der Waals surface area contributed by atoms with Gasteiger partial charge in [-0.25, -0.2) is 0 Å². The van der Waals surface area contributed by atoms with E-state index in [9.17, 15) is 0 Å². The standard InChI is InChI=1S/C9H17N.C2H6/c1-7(2)8-3-9(4-8)5-10-6-9;1-2/h7-8,10H,3-6H2,1-2H3;1-2H3. The zero-order valence-corrected chi connectivity index (χ0v) is 8.98. The van der Waals surface area contributed by atoms with Crippen molar-refractivity contribution in [2.75, 3.05) is 13.1 Å². The van der Waals surface area contributed by atoms with E-state index in [1.807, 2.05) is 13.8 Å². The van der Waals surface area contributed by atoms with Crippen LogP contribution in [-0.4, -0.2) is 13.1 Å². The normalized spacial score (nSPS) is 25.8. The average molecular weight is 169 g/mol. The second-order valence-corrected chi connectivity index (χ2v) is 4.52. The molecule has 1 aliphatic heterocycles. The topological polar surface area (TPSA) is 12.0 Å². The summed E-state index contributed by atoms with van der Waals surface area (Å²) in [6, 6.07) is 0. The van der Waals surface area contributed by atoms with Gasteiger partial charge < -0.3 is 5.32 Å². The number of nitrogens with one attached hydrogen (secondary N) is 1. The van der Waals surface area contributed by atoms with Crippen molar-refractivity contribution in [3.05, 3.63) is 0 Å². The van der Waals surface area contributed by atoms with Crippen LogP contribution in [0.2, 0.25) is 0 Å². The van der Waals surface area contributed by atoms with Gasteiger partial charge in [0.1, 0.15) is 0 Å². The van der Waals surface area contributed by atoms with Gasteiger partial charge in [-0.1, -0.05) is 27.7 Å². The molecule has 1 heteroatoms. The Hall–Kier alpha value is -0.0400. The zero-order valence-electron chi connectivity index (χ0n) is 8.98. The van der Waals surface area contributed by atoms with Crippen molar-refractivity contribution < 1.29 is 0 Å². The predicted octanol–water partition coefficient (Wildman–Crippen LogP) is 2.67. The lowest BCUT2D eigenvalue weighted by Gasteiger charge is -2.55. The van der Waals surface area contributed by atoms with Gasteiger partial charge in [-0.3, -0.25) is 0 Å². The van der Waals surface area contributed by atoms with Gasteiger partial charge in [0.15, 0.2) is 0 Å². The van der Waals surface area contributed by atoms with Crippen molar-refractivity contribution in [3.8, 4) is 0 Å². The van der Waals surface area contributed by atoms with Gasteiger partial charge in [0.25, 0.3) is 0 Å². The molecule has 2 aliphatic rings. The Morgan fingerprint density at radius 1 is 1.17 bits per heavy atom. The van der Waals surface area contributed by atoms with Crippen LogP contribution in [0.1, 0.15) is 40.5 Å². The number of rotatable bonds is 1. The van der Waals surface area contributed by atoms with Crippen LogP contribution in [0.15, 0.2) is 0 Å². The first kappa shape index (κ1) is 10.0. The summed E-state index contributed by atoms with van der Waals surface area (Å²) in [5.74, 6) is 1.97. The minimum Gasteiger partial charge on any atom is -0.316 e. The first-order valence-corrected chi connectivity index (χ1v) is 5.43. The SMILES string of the molecule is CC.CC(C)C1CC2(CNC2)C1. The van der Waals surface area contributed by atoms with Crippen molar-refractivity contribution >= 4 is 0 Å². The second-order valence-electron chi connectivity index (χ2n) is 4.52. The Balaban J connectivity index is 0.000000336. The van der Waals surface area contributed by atoms with Gasteiger partial charge in [-0.15, -0.1) is 0 Å². The maximum atomic E-state index is 3.36. The molecule has 1 aliphatic carbocycles. The van der Waals surface area contributed by atoms with Gasteiger partial charge >= 0.3 is 0 Å². The molecular formula is C11H23N. The van der Waals surface area contributed by atoms with Crippen LogP contribution in [0.4, 0.5) is 0 Å². The van der Waals surface area contributed by atoms with E-state index in [1.165, 1.54) is 25.9 Å². The Morgan fingerprint density at radius 3 is 1.92 bits per heavy atom. The summed E-state index contributed by atoms with van der Waals surface area (Å²) in [5, 5.41) is 3.36. The molecule has 0 unspecified atom stereocenters. The van der Waals surface area contributed by atoms with Crippen LogP contribution in [-0.2, 0) is 0 Å². The lowest BCUT2D eigenvalue weighted by Crippen LogP contribution is -2.60. The predicted molar refractivity (Wildman–Crippen MR) is 54.2 cm³/mol. The van der Waals surface area contributed by atoms with E-state index in [4.69, 9.17) is 0 Å². The third-order valence-corrected chi connectivity index (χ3v) is 3.33. The highest BCUT2D eigenvalue weighted by molar-refractivity contribution is 5.02. The Labute approximate surface area is 76.9 Å². The molecule has 0 atom stereocenters. The van der Waals surface area contributed by atoms with Gasteiger partial charge in [0.05, 0.1) is 0 Å². The molecule has 1 N–H and O–H groups in total. The molecule has 0 radical (unpaired) electrons. The van der Waals surface area contributed by atoms with Crippen molar-refractivity contribution in [2.24, 2.45) is 17.3 Å². The zero-order chi connectivity index (χ0) is 9.19. The minimum atomic E-state index is 0.787. The number of hydrogen-bond acceptors (Lipinski definition) is 1. The van der Waals surface area contributed by atoms with E-state index in [0.717, 1.165) is 17.3 Å². The molecule has 2 rings (SSSR count). The van der Waals surface area contributed by atoms with E-state index in [1.54, 1.807) is 0 Å². The van der Waals surface area contributed by atoms with Crippen molar-refractivity contribution in [1.82, 2.24) is 5.32 Å². The highest BCUT2D eigenvalue weighted by atomic mass is 15.0. The Kier molecular flexibility index (Phi) is 3.16. The molecule has 1 saturated carbocycles. The molecular weight excluding hydrogens is 146 g/mol. The summed E-state index contributed by atoms with van der Waals surface area (Å²) in [6.07, 6.45) is 3.00. The summed E-state index contributed by atoms with van der Waals surface area (Å²) in [6.45, 7) is 11.3. The maximum absolute atomic E-state index is 3.36. The molecule has 1 spiro atoms. The molecule has 1 heterocycles. The average Bonchev–Trinajstić information content (AvgIpc) is 1.85. The molecule has 72 valence electrons. The highest BCUT2D eigenvalue weighted by Crippen LogP contribution is 2.50. The van der Waals surface area contributed by atoms with E-state index in [-0.39, 0.29) is 0 Å². The van der Waals surface area contributed by atoms with Crippen LogP contribution in [0.5, 0.6) is 0 Å². The van der Waals surface area contributed by atoms with Crippen molar-refractivity contribution in [2.45, 2.75) is 40.5 Å². The third kappa shape index (κ3) is 1.66. The molecule has 0 amide bonds. The Bertz CT molecular complexity index is 128. The lowest BCUT2D eigenvalue weighted by atomic mass is 9.56. The van der Waals surface area contributed by atoms with Crippen LogP contribution < -0.4 is 5.32 Å². The van der Waals surface area contributed by atoms with Gasteiger partial charge in [0, 0.05) is 13.1 Å². The molecule has 2 fully saturated rings. The van der Waals surface area contributed by atoms with E-state index in [2.05, 4.69) is 19.2 Å². The molecule has 12 heavy (non-hydrogen) atoms. The van der Waals surface area contributed by atoms with Gasteiger partial charge in [-0.2, -0.15) is 0 Å². The van der Waals surface area contributed by atoms with Crippen LogP contribution in [0.3, 0.4) is 0 Å². The quantitative estimate of drug-likeness (QED) is 0.636. The summed E-state index contributed by atoms with van der Waals surface area (Å²) < 4.78 is 0. The summed E-state index contributed by atoms with van der Waals surface area (Å²) in [4.78, 5) is 0. The summed E-state index contributed by atoms with van der Waals surface area (Å²) in [5.41, 5.74) is 0.787. The van der Waals surface area contributed by atoms with Crippen molar-refractivity contribution in [3.63, 3.8) is 0 Å². The van der Waals surface area contributed by atoms with Crippen LogP contribution in [0, 0.1) is 17.3 Å². The maximum Gasteiger partial charge on any atom is 0.00204 e.